The molecule has 2 heterocycles. The molecule has 0 fully saturated rings. The van der Waals surface area contributed by atoms with Crippen molar-refractivity contribution in [3.63, 3.8) is 0 Å². The number of methoxy groups -OCH3 is 1. The van der Waals surface area contributed by atoms with Crippen molar-refractivity contribution in [1.82, 2.24) is 4.57 Å². The maximum atomic E-state index is 13.8. The summed E-state index contributed by atoms with van der Waals surface area (Å²) < 4.78 is 19.0. The molecule has 1 aliphatic rings. The number of fused-ring (bicyclic) bond motifs is 1. The molecule has 1 aliphatic heterocycles. The normalized spacial score (nSPS) is 14.9. The molecular formula is C32H30N2O5S. The lowest BCUT2D eigenvalue weighted by molar-refractivity contribution is -0.139. The molecule has 8 heteroatoms. The summed E-state index contributed by atoms with van der Waals surface area (Å²) in [5.74, 6) is 0.703. The first-order valence-corrected chi connectivity index (χ1v) is 13.8. The van der Waals surface area contributed by atoms with Gasteiger partial charge < -0.3 is 14.2 Å². The van der Waals surface area contributed by atoms with Gasteiger partial charge in [0.15, 0.2) is 16.3 Å². The molecule has 0 amide bonds. The summed E-state index contributed by atoms with van der Waals surface area (Å²) in [5.41, 5.74) is 4.41. The summed E-state index contributed by atoms with van der Waals surface area (Å²) >= 11 is 1.28. The number of thiazole rings is 1. The standard InChI is InChI=1S/C32H30N2O5S/c1-5-38-31(36)28-21(3)33-32-34(29(28)24-14-11-20(2)12-15-24)30(35)27(40-32)18-23-13-16-25(26(17-23)37-4)39-19-22-9-7-6-8-10-22/h6-18,29H,5,19H2,1-4H3. The summed E-state index contributed by atoms with van der Waals surface area (Å²) in [6, 6.07) is 22.6. The van der Waals surface area contributed by atoms with Crippen molar-refractivity contribution in [3.8, 4) is 11.5 Å². The van der Waals surface area contributed by atoms with Gasteiger partial charge in [-0.05, 0) is 55.7 Å². The molecule has 7 nitrogen and oxygen atoms in total. The van der Waals surface area contributed by atoms with Crippen LogP contribution in [0.2, 0.25) is 0 Å². The number of allylic oxidation sites excluding steroid dienone is 1. The van der Waals surface area contributed by atoms with Crippen molar-refractivity contribution in [3.05, 3.63) is 126 Å². The van der Waals surface area contributed by atoms with E-state index in [-0.39, 0.29) is 12.2 Å². The lowest BCUT2D eigenvalue weighted by atomic mass is 9.95. The maximum Gasteiger partial charge on any atom is 0.338 e. The van der Waals surface area contributed by atoms with Gasteiger partial charge in [0.25, 0.3) is 5.56 Å². The van der Waals surface area contributed by atoms with Crippen molar-refractivity contribution in [2.75, 3.05) is 13.7 Å². The van der Waals surface area contributed by atoms with Gasteiger partial charge in [-0.15, -0.1) is 0 Å². The number of carbonyl (C=O) groups is 1. The highest BCUT2D eigenvalue weighted by molar-refractivity contribution is 7.07. The van der Waals surface area contributed by atoms with Crippen LogP contribution >= 0.6 is 11.3 Å². The van der Waals surface area contributed by atoms with Crippen molar-refractivity contribution in [1.29, 1.82) is 0 Å². The van der Waals surface area contributed by atoms with Gasteiger partial charge in [-0.1, -0.05) is 77.6 Å². The van der Waals surface area contributed by atoms with Gasteiger partial charge >= 0.3 is 5.97 Å². The highest BCUT2D eigenvalue weighted by Crippen LogP contribution is 2.31. The van der Waals surface area contributed by atoms with Crippen LogP contribution in [0.5, 0.6) is 11.5 Å². The van der Waals surface area contributed by atoms with Gasteiger partial charge in [0, 0.05) is 0 Å². The molecule has 0 bridgehead atoms. The van der Waals surface area contributed by atoms with Gasteiger partial charge in [-0.25, -0.2) is 9.79 Å². The van der Waals surface area contributed by atoms with E-state index in [1.807, 2.05) is 85.8 Å². The number of aromatic nitrogens is 1. The summed E-state index contributed by atoms with van der Waals surface area (Å²) in [6.07, 6.45) is 1.81. The van der Waals surface area contributed by atoms with E-state index in [0.717, 1.165) is 22.3 Å². The van der Waals surface area contributed by atoms with Crippen LogP contribution in [-0.2, 0) is 16.1 Å². The lowest BCUT2D eigenvalue weighted by Gasteiger charge is -2.24. The summed E-state index contributed by atoms with van der Waals surface area (Å²) in [4.78, 5) is 32.0. The highest BCUT2D eigenvalue weighted by Gasteiger charge is 2.33. The number of ether oxygens (including phenoxy) is 3. The Hall–Kier alpha value is -4.43. The summed E-state index contributed by atoms with van der Waals surface area (Å²) in [6.45, 7) is 6.18. The number of benzene rings is 3. The fourth-order valence-corrected chi connectivity index (χ4v) is 5.68. The topological polar surface area (TPSA) is 79.1 Å². The summed E-state index contributed by atoms with van der Waals surface area (Å²) in [5, 5.41) is 0. The minimum absolute atomic E-state index is 0.230. The van der Waals surface area contributed by atoms with Gasteiger partial charge in [0.05, 0.1) is 35.6 Å². The first kappa shape index (κ1) is 27.1. The van der Waals surface area contributed by atoms with Crippen LogP contribution in [0.1, 0.15) is 42.1 Å². The Balaban J connectivity index is 1.55. The van der Waals surface area contributed by atoms with Crippen molar-refractivity contribution in [2.45, 2.75) is 33.4 Å². The zero-order valence-electron chi connectivity index (χ0n) is 22.8. The minimum atomic E-state index is -0.638. The second-order valence-electron chi connectivity index (χ2n) is 9.40. The van der Waals surface area contributed by atoms with E-state index in [0.29, 0.717) is 38.7 Å². The predicted octanol–water partition coefficient (Wildman–Crippen LogP) is 4.69. The first-order valence-electron chi connectivity index (χ1n) is 13.0. The van der Waals surface area contributed by atoms with E-state index < -0.39 is 12.0 Å². The molecule has 5 rings (SSSR count). The lowest BCUT2D eigenvalue weighted by Crippen LogP contribution is -2.39. The van der Waals surface area contributed by atoms with E-state index >= 15 is 0 Å². The number of aryl methyl sites for hydroxylation is 1. The molecule has 1 atom stereocenters. The van der Waals surface area contributed by atoms with E-state index in [1.165, 1.54) is 11.3 Å². The molecule has 0 N–H and O–H groups in total. The fraction of sp³-hybridized carbons (Fsp3) is 0.219. The third-order valence-corrected chi connectivity index (χ3v) is 7.62. The molecule has 0 spiro atoms. The van der Waals surface area contributed by atoms with E-state index in [9.17, 15) is 9.59 Å². The smallest absolute Gasteiger partial charge is 0.338 e. The zero-order chi connectivity index (χ0) is 28.2. The van der Waals surface area contributed by atoms with Gasteiger partial charge in [0.1, 0.15) is 6.61 Å². The van der Waals surface area contributed by atoms with E-state index in [4.69, 9.17) is 14.2 Å². The molecule has 1 unspecified atom stereocenters. The number of hydrogen-bond donors (Lipinski definition) is 0. The molecule has 0 saturated carbocycles. The molecule has 40 heavy (non-hydrogen) atoms. The monoisotopic (exact) mass is 554 g/mol. The average Bonchev–Trinajstić information content (AvgIpc) is 3.26. The van der Waals surface area contributed by atoms with Crippen molar-refractivity contribution in [2.24, 2.45) is 4.99 Å². The van der Waals surface area contributed by atoms with Crippen LogP contribution < -0.4 is 24.4 Å². The molecule has 0 radical (unpaired) electrons. The molecular weight excluding hydrogens is 524 g/mol. The largest absolute Gasteiger partial charge is 0.493 e. The number of rotatable bonds is 8. The Labute approximate surface area is 236 Å². The number of carbonyl (C=O) groups excluding carboxylic acids is 1. The molecule has 204 valence electrons. The van der Waals surface area contributed by atoms with Crippen LogP contribution in [0.15, 0.2) is 93.9 Å². The third kappa shape index (κ3) is 5.49. The van der Waals surface area contributed by atoms with Crippen LogP contribution in [0.25, 0.3) is 6.08 Å². The quantitative estimate of drug-likeness (QED) is 0.295. The molecule has 0 saturated heterocycles. The fourth-order valence-electron chi connectivity index (χ4n) is 4.64. The predicted molar refractivity (Wildman–Crippen MR) is 155 cm³/mol. The molecule has 3 aromatic carbocycles. The second kappa shape index (κ2) is 11.8. The molecule has 1 aromatic heterocycles. The van der Waals surface area contributed by atoms with Crippen LogP contribution in [0.4, 0.5) is 0 Å². The summed E-state index contributed by atoms with van der Waals surface area (Å²) in [7, 11) is 1.59. The average molecular weight is 555 g/mol. The maximum absolute atomic E-state index is 13.8. The Morgan fingerprint density at radius 2 is 1.77 bits per heavy atom. The third-order valence-electron chi connectivity index (χ3n) is 6.63. The van der Waals surface area contributed by atoms with E-state index in [1.54, 1.807) is 25.5 Å². The SMILES string of the molecule is CCOC(=O)C1=C(C)N=c2sc(=Cc3ccc(OCc4ccccc4)c(OC)c3)c(=O)n2C1c1ccc(C)cc1. The van der Waals surface area contributed by atoms with Crippen LogP contribution in [-0.4, -0.2) is 24.3 Å². The van der Waals surface area contributed by atoms with Crippen molar-refractivity contribution >= 4 is 23.4 Å². The van der Waals surface area contributed by atoms with Gasteiger partial charge in [0.2, 0.25) is 0 Å². The Morgan fingerprint density at radius 3 is 2.48 bits per heavy atom. The highest BCUT2D eigenvalue weighted by atomic mass is 32.1. The number of nitrogens with zero attached hydrogens (tertiary/aromatic N) is 2. The second-order valence-corrected chi connectivity index (χ2v) is 10.4. The number of hydrogen-bond acceptors (Lipinski definition) is 7. The molecule has 4 aromatic rings. The van der Waals surface area contributed by atoms with Crippen LogP contribution in [0.3, 0.4) is 0 Å². The van der Waals surface area contributed by atoms with Crippen molar-refractivity contribution < 1.29 is 19.0 Å². The van der Waals surface area contributed by atoms with Gasteiger partial charge in [-0.3, -0.25) is 9.36 Å². The first-order chi connectivity index (χ1) is 19.4. The minimum Gasteiger partial charge on any atom is -0.493 e. The Bertz CT molecular complexity index is 1750. The number of esters is 1. The molecule has 0 aliphatic carbocycles. The van der Waals surface area contributed by atoms with Gasteiger partial charge in [-0.2, -0.15) is 0 Å². The Kier molecular flexibility index (Phi) is 7.98. The zero-order valence-corrected chi connectivity index (χ0v) is 23.7. The van der Waals surface area contributed by atoms with E-state index in [2.05, 4.69) is 4.99 Å². The van der Waals surface area contributed by atoms with Crippen LogP contribution in [0, 0.1) is 6.92 Å². The Morgan fingerprint density at radius 1 is 1.02 bits per heavy atom.